The molecule has 2 fully saturated rings. The summed E-state index contributed by atoms with van der Waals surface area (Å²) in [6, 6.07) is -1.25. The van der Waals surface area contributed by atoms with Crippen LogP contribution in [0.4, 0.5) is 13.6 Å². The summed E-state index contributed by atoms with van der Waals surface area (Å²) in [4.78, 5) is 27.1. The first-order valence-corrected chi connectivity index (χ1v) is 8.59. The lowest BCUT2D eigenvalue weighted by molar-refractivity contribution is 0.0145. The van der Waals surface area contributed by atoms with E-state index in [9.17, 15) is 18.4 Å². The first-order chi connectivity index (χ1) is 12.4. The van der Waals surface area contributed by atoms with E-state index in [2.05, 4.69) is 15.6 Å². The fourth-order valence-corrected chi connectivity index (χ4v) is 3.18. The van der Waals surface area contributed by atoms with Crippen molar-refractivity contribution in [3.8, 4) is 0 Å². The number of ether oxygens (including phenoxy) is 1. The van der Waals surface area contributed by atoms with Gasteiger partial charge in [-0.1, -0.05) is 5.21 Å². The van der Waals surface area contributed by atoms with Crippen LogP contribution in [0.15, 0.2) is 6.20 Å². The van der Waals surface area contributed by atoms with Crippen LogP contribution in [0.2, 0.25) is 0 Å². The van der Waals surface area contributed by atoms with Gasteiger partial charge in [0.25, 0.3) is 11.8 Å². The Labute approximate surface area is 149 Å². The van der Waals surface area contributed by atoms with E-state index in [0.717, 1.165) is 4.90 Å². The Morgan fingerprint density at radius 3 is 2.81 bits per heavy atom. The Balaban J connectivity index is 1.67. The van der Waals surface area contributed by atoms with Gasteiger partial charge in [-0.25, -0.2) is 18.3 Å². The molecular formula is C15H22F2N6O3. The lowest BCUT2D eigenvalue weighted by Crippen LogP contribution is -2.44. The molecule has 0 radical (unpaired) electrons. The minimum Gasteiger partial charge on any atom is -0.378 e. The molecule has 3 amide bonds. The average Bonchev–Trinajstić information content (AvgIpc) is 3.19. The fourth-order valence-electron chi connectivity index (χ4n) is 3.18. The number of urea groups is 1. The molecule has 26 heavy (non-hydrogen) atoms. The monoisotopic (exact) mass is 372 g/mol. The van der Waals surface area contributed by atoms with Crippen LogP contribution in [0.1, 0.15) is 23.8 Å². The largest absolute Gasteiger partial charge is 0.378 e. The van der Waals surface area contributed by atoms with Crippen molar-refractivity contribution in [2.24, 2.45) is 0 Å². The molecule has 1 aromatic heterocycles. The van der Waals surface area contributed by atoms with Crippen LogP contribution in [0, 0.1) is 0 Å². The van der Waals surface area contributed by atoms with Gasteiger partial charge in [0.05, 0.1) is 38.5 Å². The number of halogens is 2. The van der Waals surface area contributed by atoms with Crippen LogP contribution in [0.25, 0.3) is 0 Å². The van der Waals surface area contributed by atoms with E-state index in [1.165, 1.54) is 10.9 Å². The molecule has 9 nitrogen and oxygen atoms in total. The Kier molecular flexibility index (Phi) is 5.35. The molecule has 2 saturated heterocycles. The van der Waals surface area contributed by atoms with Gasteiger partial charge in [0.2, 0.25) is 0 Å². The SMILES string of the molecule is CCNC(=O)N1CC(F)(F)CC1Cn1cc(C(=O)N2CCOCC2)nn1. The van der Waals surface area contributed by atoms with Crippen molar-refractivity contribution < 1.29 is 23.1 Å². The van der Waals surface area contributed by atoms with E-state index in [4.69, 9.17) is 4.74 Å². The number of hydrogen-bond donors (Lipinski definition) is 1. The number of aromatic nitrogens is 3. The maximum atomic E-state index is 13.8. The number of carbonyl (C=O) groups is 2. The summed E-state index contributed by atoms with van der Waals surface area (Å²) in [5.74, 6) is -3.21. The average molecular weight is 372 g/mol. The first kappa shape index (κ1) is 18.5. The Bertz CT molecular complexity index is 662. The molecule has 1 atom stereocenters. The fraction of sp³-hybridized carbons (Fsp3) is 0.733. The van der Waals surface area contributed by atoms with E-state index in [-0.39, 0.29) is 18.1 Å². The number of nitrogens with zero attached hydrogens (tertiary/aromatic N) is 5. The van der Waals surface area contributed by atoms with Crippen LogP contribution in [-0.4, -0.2) is 88.1 Å². The standard InChI is InChI=1S/C15H22F2N6O3/c1-2-18-14(25)23-10-15(16,17)7-11(23)8-22-9-12(19-20-22)13(24)21-3-5-26-6-4-21/h9,11H,2-8,10H2,1H3,(H,18,25). The highest BCUT2D eigenvalue weighted by molar-refractivity contribution is 5.92. The number of carbonyl (C=O) groups excluding carboxylic acids is 2. The predicted octanol–water partition coefficient (Wildman–Crippen LogP) is 0.190. The molecule has 0 saturated carbocycles. The molecule has 2 aliphatic rings. The van der Waals surface area contributed by atoms with Crippen molar-refractivity contribution in [3.05, 3.63) is 11.9 Å². The number of rotatable bonds is 4. The van der Waals surface area contributed by atoms with Crippen molar-refractivity contribution in [1.29, 1.82) is 0 Å². The van der Waals surface area contributed by atoms with Crippen LogP contribution in [0.5, 0.6) is 0 Å². The molecule has 2 aliphatic heterocycles. The van der Waals surface area contributed by atoms with Gasteiger partial charge in [0.15, 0.2) is 5.69 Å². The minimum atomic E-state index is -2.94. The third-order valence-electron chi connectivity index (χ3n) is 4.42. The van der Waals surface area contributed by atoms with Crippen molar-refractivity contribution in [2.45, 2.75) is 31.9 Å². The number of nitrogens with one attached hydrogen (secondary N) is 1. The molecule has 0 bridgehead atoms. The van der Waals surface area contributed by atoms with Crippen LogP contribution >= 0.6 is 0 Å². The third-order valence-corrected chi connectivity index (χ3v) is 4.42. The summed E-state index contributed by atoms with van der Waals surface area (Å²) < 4.78 is 34.1. The number of alkyl halides is 2. The van der Waals surface area contributed by atoms with Gasteiger partial charge < -0.3 is 19.9 Å². The molecule has 1 N–H and O–H groups in total. The van der Waals surface area contributed by atoms with Gasteiger partial charge in [-0.3, -0.25) is 4.79 Å². The second kappa shape index (κ2) is 7.52. The lowest BCUT2D eigenvalue weighted by Gasteiger charge is -2.25. The molecule has 1 unspecified atom stereocenters. The molecule has 0 aromatic carbocycles. The molecule has 3 heterocycles. The Hall–Kier alpha value is -2.30. The summed E-state index contributed by atoms with van der Waals surface area (Å²) >= 11 is 0. The first-order valence-electron chi connectivity index (χ1n) is 8.59. The summed E-state index contributed by atoms with van der Waals surface area (Å²) in [7, 11) is 0. The van der Waals surface area contributed by atoms with Crippen molar-refractivity contribution in [3.63, 3.8) is 0 Å². The van der Waals surface area contributed by atoms with E-state index in [0.29, 0.717) is 32.8 Å². The van der Waals surface area contributed by atoms with Crippen LogP contribution < -0.4 is 5.32 Å². The molecule has 144 valence electrons. The van der Waals surface area contributed by atoms with Gasteiger partial charge >= 0.3 is 6.03 Å². The maximum Gasteiger partial charge on any atom is 0.317 e. The lowest BCUT2D eigenvalue weighted by atomic mass is 10.2. The number of likely N-dealkylation sites (tertiary alicyclic amines) is 1. The van der Waals surface area contributed by atoms with Crippen LogP contribution in [-0.2, 0) is 11.3 Å². The zero-order valence-electron chi connectivity index (χ0n) is 14.5. The van der Waals surface area contributed by atoms with E-state index >= 15 is 0 Å². The molecule has 1 aromatic rings. The molecule has 0 aliphatic carbocycles. The van der Waals surface area contributed by atoms with Crippen molar-refractivity contribution in [1.82, 2.24) is 30.1 Å². The summed E-state index contributed by atoms with van der Waals surface area (Å²) in [6.07, 6.45) is 0.987. The van der Waals surface area contributed by atoms with Crippen molar-refractivity contribution >= 4 is 11.9 Å². The number of morpholine rings is 1. The van der Waals surface area contributed by atoms with Gasteiger partial charge in [-0.15, -0.1) is 5.10 Å². The quantitative estimate of drug-likeness (QED) is 0.815. The summed E-state index contributed by atoms with van der Waals surface area (Å²) in [5, 5.41) is 10.3. The summed E-state index contributed by atoms with van der Waals surface area (Å²) in [5.41, 5.74) is 0.154. The minimum absolute atomic E-state index is 0.0517. The summed E-state index contributed by atoms with van der Waals surface area (Å²) in [6.45, 7) is 3.40. The second-order valence-electron chi connectivity index (χ2n) is 6.41. The molecule has 0 spiro atoms. The Morgan fingerprint density at radius 1 is 1.38 bits per heavy atom. The molecule has 3 rings (SSSR count). The maximum absolute atomic E-state index is 13.8. The van der Waals surface area contributed by atoms with Gasteiger partial charge in [-0.2, -0.15) is 0 Å². The van der Waals surface area contributed by atoms with E-state index in [1.807, 2.05) is 0 Å². The Morgan fingerprint density at radius 2 is 2.12 bits per heavy atom. The van der Waals surface area contributed by atoms with E-state index in [1.54, 1.807) is 11.8 Å². The molecule has 11 heteroatoms. The number of amides is 3. The second-order valence-corrected chi connectivity index (χ2v) is 6.41. The van der Waals surface area contributed by atoms with E-state index < -0.39 is 31.0 Å². The predicted molar refractivity (Wildman–Crippen MR) is 85.9 cm³/mol. The molecular weight excluding hydrogens is 350 g/mol. The highest BCUT2D eigenvalue weighted by Crippen LogP contribution is 2.32. The normalized spacial score (nSPS) is 22.5. The highest BCUT2D eigenvalue weighted by atomic mass is 19.3. The highest BCUT2D eigenvalue weighted by Gasteiger charge is 2.47. The van der Waals surface area contributed by atoms with Gasteiger partial charge in [0.1, 0.15) is 0 Å². The van der Waals surface area contributed by atoms with Gasteiger partial charge in [0, 0.05) is 26.1 Å². The number of hydrogen-bond acceptors (Lipinski definition) is 5. The van der Waals surface area contributed by atoms with Gasteiger partial charge in [-0.05, 0) is 6.92 Å². The topological polar surface area (TPSA) is 92.6 Å². The zero-order chi connectivity index (χ0) is 18.7. The third kappa shape index (κ3) is 4.09. The zero-order valence-corrected chi connectivity index (χ0v) is 14.5. The smallest absolute Gasteiger partial charge is 0.317 e. The van der Waals surface area contributed by atoms with Crippen LogP contribution in [0.3, 0.4) is 0 Å². The van der Waals surface area contributed by atoms with Crippen molar-refractivity contribution in [2.75, 3.05) is 39.4 Å².